The Labute approximate surface area is 120 Å². The van der Waals surface area contributed by atoms with E-state index < -0.39 is 17.8 Å². The van der Waals surface area contributed by atoms with Crippen LogP contribution in [-0.4, -0.2) is 39.7 Å². The molecule has 0 spiro atoms. The van der Waals surface area contributed by atoms with E-state index in [2.05, 4.69) is 5.10 Å². The van der Waals surface area contributed by atoms with Gasteiger partial charge in [0, 0.05) is 32.2 Å². The summed E-state index contributed by atoms with van der Waals surface area (Å²) in [6, 6.07) is 0.639. The summed E-state index contributed by atoms with van der Waals surface area (Å²) in [6.07, 6.45) is -4.56. The lowest BCUT2D eigenvalue weighted by Crippen LogP contribution is -2.33. The molecule has 0 saturated carbocycles. The lowest BCUT2D eigenvalue weighted by atomic mass is 9.92. The van der Waals surface area contributed by atoms with E-state index in [1.807, 2.05) is 13.8 Å². The van der Waals surface area contributed by atoms with Gasteiger partial charge in [-0.05, 0) is 11.8 Å². The summed E-state index contributed by atoms with van der Waals surface area (Å²) in [7, 11) is 1.33. The summed E-state index contributed by atoms with van der Waals surface area (Å²) < 4.78 is 38.9. The maximum Gasteiger partial charge on any atom is 0.435 e. The van der Waals surface area contributed by atoms with Gasteiger partial charge in [-0.1, -0.05) is 13.8 Å². The minimum atomic E-state index is -4.56. The van der Waals surface area contributed by atoms with Crippen molar-refractivity contribution in [1.82, 2.24) is 14.7 Å². The summed E-state index contributed by atoms with van der Waals surface area (Å²) >= 11 is 0. The van der Waals surface area contributed by atoms with Gasteiger partial charge in [-0.15, -0.1) is 0 Å². The van der Waals surface area contributed by atoms with Crippen molar-refractivity contribution in [3.8, 4) is 0 Å². The van der Waals surface area contributed by atoms with Crippen LogP contribution in [0.25, 0.3) is 0 Å². The van der Waals surface area contributed by atoms with E-state index in [0.29, 0.717) is 19.0 Å². The van der Waals surface area contributed by atoms with Gasteiger partial charge in [-0.3, -0.25) is 9.48 Å². The Morgan fingerprint density at radius 3 is 2.48 bits per heavy atom. The van der Waals surface area contributed by atoms with Crippen LogP contribution >= 0.6 is 0 Å². The Morgan fingerprint density at radius 2 is 2.05 bits per heavy atom. The molecular formula is C13H19F3N4O. The second-order valence-corrected chi connectivity index (χ2v) is 5.82. The standard InChI is InChI=1S/C13H19F3N4O/c1-7(2)8-5-20(6-9(8)17)12(21)10-4-11(13(14,15)16)18-19(10)3/h4,7-9H,5-6,17H2,1-3H3/t8-,9+/m1/s1. The molecule has 0 unspecified atom stereocenters. The first-order valence-electron chi connectivity index (χ1n) is 6.77. The van der Waals surface area contributed by atoms with Crippen LogP contribution in [0.1, 0.15) is 30.0 Å². The van der Waals surface area contributed by atoms with Crippen LogP contribution < -0.4 is 5.73 Å². The van der Waals surface area contributed by atoms with Crippen molar-refractivity contribution in [3.05, 3.63) is 17.5 Å². The summed E-state index contributed by atoms with van der Waals surface area (Å²) in [5.74, 6) is 0.0124. The molecule has 0 bridgehead atoms. The van der Waals surface area contributed by atoms with Gasteiger partial charge in [0.1, 0.15) is 5.69 Å². The maximum absolute atomic E-state index is 12.6. The van der Waals surface area contributed by atoms with Crippen LogP contribution in [-0.2, 0) is 13.2 Å². The van der Waals surface area contributed by atoms with Crippen LogP contribution in [0.2, 0.25) is 0 Å². The van der Waals surface area contributed by atoms with Gasteiger partial charge in [-0.2, -0.15) is 18.3 Å². The molecule has 1 saturated heterocycles. The van der Waals surface area contributed by atoms with E-state index in [1.54, 1.807) is 0 Å². The normalized spacial score (nSPS) is 23.1. The molecule has 1 aromatic rings. The Hall–Kier alpha value is -1.57. The maximum atomic E-state index is 12.6. The molecule has 2 heterocycles. The molecule has 2 N–H and O–H groups in total. The van der Waals surface area contributed by atoms with E-state index in [4.69, 9.17) is 5.73 Å². The molecule has 8 heteroatoms. The second kappa shape index (κ2) is 5.32. The average Bonchev–Trinajstić information content (AvgIpc) is 2.91. The molecule has 5 nitrogen and oxygen atoms in total. The molecule has 1 aliphatic heterocycles. The van der Waals surface area contributed by atoms with Crippen molar-refractivity contribution in [1.29, 1.82) is 0 Å². The van der Waals surface area contributed by atoms with Crippen molar-refractivity contribution < 1.29 is 18.0 Å². The van der Waals surface area contributed by atoms with E-state index in [-0.39, 0.29) is 17.7 Å². The quantitative estimate of drug-likeness (QED) is 0.900. The Balaban J connectivity index is 2.20. The molecule has 118 valence electrons. The zero-order valence-electron chi connectivity index (χ0n) is 12.2. The highest BCUT2D eigenvalue weighted by atomic mass is 19.4. The van der Waals surface area contributed by atoms with Crippen LogP contribution in [0.4, 0.5) is 13.2 Å². The Kier molecular flexibility index (Phi) is 4.01. The minimum absolute atomic E-state index is 0.0704. The number of nitrogens with two attached hydrogens (primary N) is 1. The topological polar surface area (TPSA) is 64.2 Å². The van der Waals surface area contributed by atoms with Crippen LogP contribution in [0.15, 0.2) is 6.07 Å². The predicted molar refractivity (Wildman–Crippen MR) is 70.4 cm³/mol. The number of alkyl halides is 3. The smallest absolute Gasteiger partial charge is 0.335 e. The fourth-order valence-corrected chi connectivity index (χ4v) is 2.69. The number of amides is 1. The van der Waals surface area contributed by atoms with Crippen molar-refractivity contribution in [2.75, 3.05) is 13.1 Å². The molecule has 0 radical (unpaired) electrons. The summed E-state index contributed by atoms with van der Waals surface area (Å²) in [6.45, 7) is 4.85. The summed E-state index contributed by atoms with van der Waals surface area (Å²) in [5.41, 5.74) is 4.87. The van der Waals surface area contributed by atoms with Crippen molar-refractivity contribution in [3.63, 3.8) is 0 Å². The molecule has 1 fully saturated rings. The number of aromatic nitrogens is 2. The van der Waals surface area contributed by atoms with Crippen molar-refractivity contribution in [2.45, 2.75) is 26.1 Å². The van der Waals surface area contributed by atoms with Gasteiger partial charge in [0.15, 0.2) is 5.69 Å². The van der Waals surface area contributed by atoms with Crippen LogP contribution in [0.3, 0.4) is 0 Å². The fraction of sp³-hybridized carbons (Fsp3) is 0.692. The third-order valence-electron chi connectivity index (χ3n) is 3.95. The van der Waals surface area contributed by atoms with Crippen molar-refractivity contribution >= 4 is 5.91 Å². The number of aryl methyl sites for hydroxylation is 1. The number of likely N-dealkylation sites (tertiary alicyclic amines) is 1. The zero-order valence-corrected chi connectivity index (χ0v) is 12.2. The van der Waals surface area contributed by atoms with Gasteiger partial charge >= 0.3 is 6.18 Å². The number of carbonyl (C=O) groups excluding carboxylic acids is 1. The van der Waals surface area contributed by atoms with Gasteiger partial charge in [0.25, 0.3) is 5.91 Å². The molecule has 0 aliphatic carbocycles. The number of rotatable bonds is 2. The van der Waals surface area contributed by atoms with E-state index in [1.165, 1.54) is 11.9 Å². The first-order valence-corrected chi connectivity index (χ1v) is 6.77. The third-order valence-corrected chi connectivity index (χ3v) is 3.95. The molecule has 1 amide bonds. The van der Waals surface area contributed by atoms with Gasteiger partial charge in [0.05, 0.1) is 0 Å². The largest absolute Gasteiger partial charge is 0.435 e. The monoisotopic (exact) mass is 304 g/mol. The third kappa shape index (κ3) is 3.04. The number of hydrogen-bond donors (Lipinski definition) is 1. The highest BCUT2D eigenvalue weighted by Crippen LogP contribution is 2.29. The Bertz CT molecular complexity index is 538. The molecule has 21 heavy (non-hydrogen) atoms. The van der Waals surface area contributed by atoms with Crippen molar-refractivity contribution in [2.24, 2.45) is 24.6 Å². The molecular weight excluding hydrogens is 285 g/mol. The molecule has 1 aliphatic rings. The molecule has 2 atom stereocenters. The first-order chi connectivity index (χ1) is 9.61. The Morgan fingerprint density at radius 1 is 1.43 bits per heavy atom. The molecule has 0 aromatic carbocycles. The van der Waals surface area contributed by atoms with E-state index in [0.717, 1.165) is 10.7 Å². The number of carbonyl (C=O) groups is 1. The first kappa shape index (κ1) is 15.8. The lowest BCUT2D eigenvalue weighted by Gasteiger charge is -2.18. The SMILES string of the molecule is CC(C)[C@H]1CN(C(=O)c2cc(C(F)(F)F)nn2C)C[C@@H]1N. The number of nitrogens with zero attached hydrogens (tertiary/aromatic N) is 3. The van der Waals surface area contributed by atoms with E-state index in [9.17, 15) is 18.0 Å². The molecule has 1 aromatic heterocycles. The van der Waals surface area contributed by atoms with Gasteiger partial charge in [0.2, 0.25) is 0 Å². The number of halogens is 3. The highest BCUT2D eigenvalue weighted by Gasteiger charge is 2.38. The second-order valence-electron chi connectivity index (χ2n) is 5.82. The highest BCUT2D eigenvalue weighted by molar-refractivity contribution is 5.93. The molecule has 2 rings (SSSR count). The van der Waals surface area contributed by atoms with Gasteiger partial charge in [-0.25, -0.2) is 0 Å². The van der Waals surface area contributed by atoms with Crippen LogP contribution in [0, 0.1) is 11.8 Å². The van der Waals surface area contributed by atoms with Crippen LogP contribution in [0.5, 0.6) is 0 Å². The summed E-state index contributed by atoms with van der Waals surface area (Å²) in [4.78, 5) is 13.9. The number of hydrogen-bond acceptors (Lipinski definition) is 3. The zero-order chi connectivity index (χ0) is 15.9. The summed E-state index contributed by atoms with van der Waals surface area (Å²) in [5, 5.41) is 3.36. The average molecular weight is 304 g/mol. The van der Waals surface area contributed by atoms with Gasteiger partial charge < -0.3 is 10.6 Å². The fourth-order valence-electron chi connectivity index (χ4n) is 2.69. The lowest BCUT2D eigenvalue weighted by molar-refractivity contribution is -0.141. The predicted octanol–water partition coefficient (Wildman–Crippen LogP) is 1.49. The van der Waals surface area contributed by atoms with E-state index >= 15 is 0 Å². The minimum Gasteiger partial charge on any atom is -0.335 e.